The maximum Gasteiger partial charge on any atom is 0.241 e. The van der Waals surface area contributed by atoms with Crippen LogP contribution >= 0.6 is 34.9 Å². The zero-order valence-electron chi connectivity index (χ0n) is 12.5. The molecule has 3 N–H and O–H groups in total. The van der Waals surface area contributed by atoms with Gasteiger partial charge in [-0.3, -0.25) is 4.79 Å². The molecule has 1 amide bonds. The summed E-state index contributed by atoms with van der Waals surface area (Å²) in [6.07, 6.45) is 2.69. The van der Waals surface area contributed by atoms with Crippen molar-refractivity contribution in [3.8, 4) is 0 Å². The number of amides is 1. The fraction of sp³-hybridized carbons (Fsp3) is 0.333. The lowest BCUT2D eigenvalue weighted by atomic mass is 10.2. The first-order valence-electron chi connectivity index (χ1n) is 6.84. The number of nitrogens with zero attached hydrogens (tertiary/aromatic N) is 1. The summed E-state index contributed by atoms with van der Waals surface area (Å²) in [5.74, 6) is 0.752. The molecule has 2 aromatic rings. The number of carbonyl (C=O) groups excluding carboxylic acids is 1. The van der Waals surface area contributed by atoms with Gasteiger partial charge in [0.25, 0.3) is 0 Å². The molecule has 0 aliphatic heterocycles. The molecule has 1 heterocycles. The van der Waals surface area contributed by atoms with Crippen LogP contribution in [0.2, 0.25) is 0 Å². The van der Waals surface area contributed by atoms with Gasteiger partial charge in [-0.2, -0.15) is 11.8 Å². The van der Waals surface area contributed by atoms with Crippen LogP contribution in [0.25, 0.3) is 0 Å². The van der Waals surface area contributed by atoms with E-state index in [1.165, 1.54) is 0 Å². The number of nitrogens with two attached hydrogens (primary N) is 1. The Labute approximate surface area is 143 Å². The summed E-state index contributed by atoms with van der Waals surface area (Å²) in [4.78, 5) is 17.5. The van der Waals surface area contributed by atoms with Crippen molar-refractivity contribution < 1.29 is 4.79 Å². The van der Waals surface area contributed by atoms with E-state index >= 15 is 0 Å². The van der Waals surface area contributed by atoms with Gasteiger partial charge in [0.15, 0.2) is 4.34 Å². The van der Waals surface area contributed by atoms with Crippen molar-refractivity contribution in [3.05, 3.63) is 35.3 Å². The van der Waals surface area contributed by atoms with E-state index in [0.717, 1.165) is 26.4 Å². The number of aryl methyl sites for hydroxylation is 1. The molecule has 0 fully saturated rings. The van der Waals surface area contributed by atoms with Crippen molar-refractivity contribution in [1.29, 1.82) is 0 Å². The summed E-state index contributed by atoms with van der Waals surface area (Å²) in [5.41, 5.74) is 7.65. The summed E-state index contributed by atoms with van der Waals surface area (Å²) >= 11 is 4.95. The third-order valence-corrected chi connectivity index (χ3v) is 5.60. The molecule has 4 nitrogen and oxygen atoms in total. The molecule has 0 unspecified atom stereocenters. The largest absolute Gasteiger partial charge is 0.325 e. The fourth-order valence-corrected chi connectivity index (χ4v) is 4.00. The first kappa shape index (κ1) is 17.3. The van der Waals surface area contributed by atoms with Crippen LogP contribution in [0.5, 0.6) is 0 Å². The lowest BCUT2D eigenvalue weighted by Gasteiger charge is -2.11. The average Bonchev–Trinajstić information content (AvgIpc) is 2.91. The lowest BCUT2D eigenvalue weighted by molar-refractivity contribution is -0.117. The second kappa shape index (κ2) is 8.57. The topological polar surface area (TPSA) is 68.0 Å². The van der Waals surface area contributed by atoms with Gasteiger partial charge in [0.05, 0.1) is 6.04 Å². The van der Waals surface area contributed by atoms with Crippen LogP contribution in [0.4, 0.5) is 5.69 Å². The van der Waals surface area contributed by atoms with Crippen LogP contribution in [0.1, 0.15) is 12.1 Å². The highest BCUT2D eigenvalue weighted by atomic mass is 32.2. The van der Waals surface area contributed by atoms with Crippen molar-refractivity contribution in [2.75, 3.05) is 17.3 Å². The zero-order chi connectivity index (χ0) is 15.9. The molecule has 0 saturated heterocycles. The molecule has 1 atom stereocenters. The standard InChI is InChI=1S/C15H19N3OS3/c1-10-9-21-15(17-10)22-12-5-3-11(4-6-12)18-14(19)13(16)7-8-20-2/h3-6,9,13H,7-8,16H2,1-2H3,(H,18,19)/t13-/m0/s1. The van der Waals surface area contributed by atoms with E-state index in [0.29, 0.717) is 6.42 Å². The molecule has 0 bridgehead atoms. The van der Waals surface area contributed by atoms with Gasteiger partial charge in [0, 0.05) is 21.7 Å². The summed E-state index contributed by atoms with van der Waals surface area (Å²) in [6.45, 7) is 1.99. The van der Waals surface area contributed by atoms with Crippen molar-refractivity contribution >= 4 is 46.5 Å². The quantitative estimate of drug-likeness (QED) is 0.796. The molecule has 0 spiro atoms. The molecule has 0 aliphatic carbocycles. The Kier molecular flexibility index (Phi) is 6.75. The van der Waals surface area contributed by atoms with Crippen LogP contribution in [0.3, 0.4) is 0 Å². The number of thioether (sulfide) groups is 1. The maximum atomic E-state index is 11.9. The van der Waals surface area contributed by atoms with E-state index in [1.807, 2.05) is 42.8 Å². The second-order valence-electron chi connectivity index (χ2n) is 4.76. The molecular weight excluding hydrogens is 334 g/mol. The van der Waals surface area contributed by atoms with Gasteiger partial charge in [-0.1, -0.05) is 11.8 Å². The highest BCUT2D eigenvalue weighted by Gasteiger charge is 2.13. The Morgan fingerprint density at radius 3 is 2.73 bits per heavy atom. The number of benzene rings is 1. The Bertz CT molecular complexity index is 613. The molecule has 118 valence electrons. The third-order valence-electron chi connectivity index (χ3n) is 2.89. The monoisotopic (exact) mass is 353 g/mol. The van der Waals surface area contributed by atoms with E-state index < -0.39 is 6.04 Å². The maximum absolute atomic E-state index is 11.9. The van der Waals surface area contributed by atoms with Gasteiger partial charge < -0.3 is 11.1 Å². The minimum absolute atomic E-state index is 0.134. The van der Waals surface area contributed by atoms with Gasteiger partial charge in [-0.25, -0.2) is 4.98 Å². The predicted octanol–water partition coefficient (Wildman–Crippen LogP) is 3.62. The summed E-state index contributed by atoms with van der Waals surface area (Å²) in [5, 5.41) is 4.88. The molecule has 0 aliphatic rings. The number of hydrogen-bond acceptors (Lipinski definition) is 6. The second-order valence-corrected chi connectivity index (χ2v) is 7.92. The molecule has 0 saturated carbocycles. The SMILES string of the molecule is CSCC[C@H](N)C(=O)Nc1ccc(Sc2nc(C)cs2)cc1. The molecular formula is C15H19N3OS3. The van der Waals surface area contributed by atoms with Gasteiger partial charge in [-0.05, 0) is 49.6 Å². The van der Waals surface area contributed by atoms with Crippen molar-refractivity contribution in [2.24, 2.45) is 5.73 Å². The molecule has 1 aromatic carbocycles. The van der Waals surface area contributed by atoms with E-state index in [1.54, 1.807) is 34.9 Å². The van der Waals surface area contributed by atoms with Crippen LogP contribution < -0.4 is 11.1 Å². The highest BCUT2D eigenvalue weighted by molar-refractivity contribution is 8.01. The Balaban J connectivity index is 1.90. The Morgan fingerprint density at radius 2 is 2.14 bits per heavy atom. The van der Waals surface area contributed by atoms with E-state index in [2.05, 4.69) is 10.3 Å². The van der Waals surface area contributed by atoms with Crippen LogP contribution in [0, 0.1) is 6.92 Å². The number of anilines is 1. The molecule has 7 heteroatoms. The Morgan fingerprint density at radius 1 is 1.41 bits per heavy atom. The van der Waals surface area contributed by atoms with Crippen molar-refractivity contribution in [2.45, 2.75) is 28.6 Å². The minimum atomic E-state index is -0.459. The predicted molar refractivity (Wildman–Crippen MR) is 97.0 cm³/mol. The lowest BCUT2D eigenvalue weighted by Crippen LogP contribution is -2.36. The number of carbonyl (C=O) groups is 1. The Hall–Kier alpha value is -1.02. The first-order chi connectivity index (χ1) is 10.6. The number of aromatic nitrogens is 1. The van der Waals surface area contributed by atoms with Crippen LogP contribution in [-0.2, 0) is 4.79 Å². The first-order valence-corrected chi connectivity index (χ1v) is 9.93. The molecule has 22 heavy (non-hydrogen) atoms. The molecule has 2 rings (SSSR count). The molecule has 1 aromatic heterocycles. The van der Waals surface area contributed by atoms with Crippen LogP contribution in [-0.4, -0.2) is 28.9 Å². The van der Waals surface area contributed by atoms with Gasteiger partial charge in [0.1, 0.15) is 0 Å². The number of thiazole rings is 1. The minimum Gasteiger partial charge on any atom is -0.325 e. The average molecular weight is 354 g/mol. The van der Waals surface area contributed by atoms with Crippen molar-refractivity contribution in [3.63, 3.8) is 0 Å². The number of rotatable bonds is 7. The van der Waals surface area contributed by atoms with E-state index in [-0.39, 0.29) is 5.91 Å². The van der Waals surface area contributed by atoms with Gasteiger partial charge in [0.2, 0.25) is 5.91 Å². The summed E-state index contributed by atoms with van der Waals surface area (Å²) in [6, 6.07) is 7.28. The third kappa shape index (κ3) is 5.31. The molecule has 0 radical (unpaired) electrons. The van der Waals surface area contributed by atoms with Gasteiger partial charge >= 0.3 is 0 Å². The van der Waals surface area contributed by atoms with E-state index in [4.69, 9.17) is 5.73 Å². The summed E-state index contributed by atoms with van der Waals surface area (Å²) < 4.78 is 1.02. The van der Waals surface area contributed by atoms with Crippen LogP contribution in [0.15, 0.2) is 38.9 Å². The normalized spacial score (nSPS) is 12.1. The fourth-order valence-electron chi connectivity index (χ4n) is 1.70. The highest BCUT2D eigenvalue weighted by Crippen LogP contribution is 2.30. The van der Waals surface area contributed by atoms with Gasteiger partial charge in [-0.15, -0.1) is 11.3 Å². The van der Waals surface area contributed by atoms with E-state index in [9.17, 15) is 4.79 Å². The van der Waals surface area contributed by atoms with Crippen molar-refractivity contribution in [1.82, 2.24) is 4.98 Å². The zero-order valence-corrected chi connectivity index (χ0v) is 15.0. The number of nitrogens with one attached hydrogen (secondary N) is 1. The smallest absolute Gasteiger partial charge is 0.241 e. The number of hydrogen-bond donors (Lipinski definition) is 2. The summed E-state index contributed by atoms with van der Waals surface area (Å²) in [7, 11) is 0.